The SMILES string of the molecule is COc1ccc(NC(=O)C(C)OC(=O)C2CCN(C(=O)OC(C)(C)C)CC2)c([N+](=O)[O-])c1. The van der Waals surface area contributed by atoms with Gasteiger partial charge in [-0.2, -0.15) is 0 Å². The summed E-state index contributed by atoms with van der Waals surface area (Å²) >= 11 is 0. The molecule has 1 N–H and O–H groups in total. The van der Waals surface area contributed by atoms with Crippen LogP contribution >= 0.6 is 0 Å². The van der Waals surface area contributed by atoms with Crippen LogP contribution in [-0.2, 0) is 19.1 Å². The van der Waals surface area contributed by atoms with E-state index < -0.39 is 40.5 Å². The quantitative estimate of drug-likeness (QED) is 0.396. The van der Waals surface area contributed by atoms with E-state index in [0.29, 0.717) is 25.9 Å². The highest BCUT2D eigenvalue weighted by atomic mass is 16.6. The third-order valence-corrected chi connectivity index (χ3v) is 4.80. The second-order valence-electron chi connectivity index (χ2n) is 8.45. The van der Waals surface area contributed by atoms with E-state index in [9.17, 15) is 24.5 Å². The van der Waals surface area contributed by atoms with Crippen molar-refractivity contribution in [3.05, 3.63) is 28.3 Å². The Bertz CT molecular complexity index is 872. The molecule has 0 aromatic heterocycles. The summed E-state index contributed by atoms with van der Waals surface area (Å²) in [6, 6.07) is 4.00. The molecule has 11 nitrogen and oxygen atoms in total. The van der Waals surface area contributed by atoms with E-state index in [1.807, 2.05) is 0 Å². The molecule has 0 radical (unpaired) electrons. The van der Waals surface area contributed by atoms with Gasteiger partial charge in [-0.1, -0.05) is 0 Å². The number of esters is 1. The highest BCUT2D eigenvalue weighted by Gasteiger charge is 2.32. The van der Waals surface area contributed by atoms with Crippen molar-refractivity contribution in [1.29, 1.82) is 0 Å². The van der Waals surface area contributed by atoms with Crippen molar-refractivity contribution >= 4 is 29.3 Å². The van der Waals surface area contributed by atoms with Gasteiger partial charge in [-0.25, -0.2) is 4.79 Å². The summed E-state index contributed by atoms with van der Waals surface area (Å²) in [7, 11) is 1.37. The fourth-order valence-electron chi connectivity index (χ4n) is 3.08. The predicted octanol–water partition coefficient (Wildman–Crippen LogP) is 3.12. The molecule has 0 spiro atoms. The largest absolute Gasteiger partial charge is 0.496 e. The Kier molecular flexibility index (Phi) is 8.01. The zero-order valence-corrected chi connectivity index (χ0v) is 18.9. The molecule has 0 bridgehead atoms. The summed E-state index contributed by atoms with van der Waals surface area (Å²) in [5.74, 6) is -1.44. The van der Waals surface area contributed by atoms with Crippen LogP contribution in [0.5, 0.6) is 5.75 Å². The first-order valence-corrected chi connectivity index (χ1v) is 10.2. The smallest absolute Gasteiger partial charge is 0.410 e. The maximum absolute atomic E-state index is 12.5. The number of benzene rings is 1. The van der Waals surface area contributed by atoms with Gasteiger partial charge in [0.2, 0.25) is 0 Å². The van der Waals surface area contributed by atoms with Gasteiger partial charge in [0.15, 0.2) is 6.10 Å². The maximum atomic E-state index is 12.5. The number of nitro groups is 1. The molecule has 2 rings (SSSR count). The Morgan fingerprint density at radius 1 is 1.22 bits per heavy atom. The van der Waals surface area contributed by atoms with Crippen LogP contribution < -0.4 is 10.1 Å². The fraction of sp³-hybridized carbons (Fsp3) is 0.571. The Morgan fingerprint density at radius 2 is 1.84 bits per heavy atom. The molecule has 1 unspecified atom stereocenters. The van der Waals surface area contributed by atoms with Gasteiger partial charge in [0, 0.05) is 13.1 Å². The number of carbonyl (C=O) groups excluding carboxylic acids is 3. The number of methoxy groups -OCH3 is 1. The number of hydrogen-bond donors (Lipinski definition) is 1. The molecule has 0 aliphatic carbocycles. The van der Waals surface area contributed by atoms with Gasteiger partial charge in [-0.3, -0.25) is 19.7 Å². The topological polar surface area (TPSA) is 137 Å². The number of likely N-dealkylation sites (tertiary alicyclic amines) is 1. The van der Waals surface area contributed by atoms with Crippen LogP contribution in [0.3, 0.4) is 0 Å². The Morgan fingerprint density at radius 3 is 2.38 bits per heavy atom. The van der Waals surface area contributed by atoms with E-state index in [-0.39, 0.29) is 17.1 Å². The van der Waals surface area contributed by atoms with Crippen LogP contribution in [0, 0.1) is 16.0 Å². The summed E-state index contributed by atoms with van der Waals surface area (Å²) in [5, 5.41) is 13.7. The van der Waals surface area contributed by atoms with E-state index >= 15 is 0 Å². The number of ether oxygens (including phenoxy) is 3. The second kappa shape index (κ2) is 10.3. The first kappa shape index (κ1) is 24.9. The molecule has 1 fully saturated rings. The first-order valence-electron chi connectivity index (χ1n) is 10.2. The molecule has 1 saturated heterocycles. The maximum Gasteiger partial charge on any atom is 0.410 e. The number of nitrogens with zero attached hydrogens (tertiary/aromatic N) is 2. The molecule has 2 amide bonds. The first-order chi connectivity index (χ1) is 14.9. The lowest BCUT2D eigenvalue weighted by Crippen LogP contribution is -2.43. The van der Waals surface area contributed by atoms with E-state index in [0.717, 1.165) is 0 Å². The average Bonchev–Trinajstić information content (AvgIpc) is 2.72. The molecular formula is C21H29N3O8. The predicted molar refractivity (Wildman–Crippen MR) is 114 cm³/mol. The molecule has 1 aromatic rings. The number of piperidine rings is 1. The van der Waals surface area contributed by atoms with Gasteiger partial charge >= 0.3 is 12.1 Å². The third kappa shape index (κ3) is 6.82. The molecule has 0 saturated carbocycles. The van der Waals surface area contributed by atoms with Gasteiger partial charge in [0.25, 0.3) is 11.6 Å². The van der Waals surface area contributed by atoms with Crippen LogP contribution in [0.1, 0.15) is 40.5 Å². The van der Waals surface area contributed by atoms with Gasteiger partial charge in [0.1, 0.15) is 17.0 Å². The fourth-order valence-corrected chi connectivity index (χ4v) is 3.08. The molecule has 1 atom stereocenters. The highest BCUT2D eigenvalue weighted by Crippen LogP contribution is 2.29. The lowest BCUT2D eigenvalue weighted by molar-refractivity contribution is -0.384. The van der Waals surface area contributed by atoms with Crippen molar-refractivity contribution in [2.45, 2.75) is 52.2 Å². The van der Waals surface area contributed by atoms with Crippen LogP contribution in [-0.4, -0.2) is 59.7 Å². The number of carbonyl (C=O) groups is 3. The van der Waals surface area contributed by atoms with Crippen LogP contribution in [0.2, 0.25) is 0 Å². The molecule has 32 heavy (non-hydrogen) atoms. The van der Waals surface area contributed by atoms with Gasteiger partial charge in [-0.15, -0.1) is 0 Å². The monoisotopic (exact) mass is 451 g/mol. The number of amides is 2. The van der Waals surface area contributed by atoms with Crippen molar-refractivity contribution in [1.82, 2.24) is 4.90 Å². The number of nitro benzene ring substituents is 1. The van der Waals surface area contributed by atoms with Gasteiger partial charge in [-0.05, 0) is 52.7 Å². The molecule has 1 aliphatic rings. The van der Waals surface area contributed by atoms with Gasteiger partial charge < -0.3 is 24.4 Å². The van der Waals surface area contributed by atoms with Crippen LogP contribution in [0.15, 0.2) is 18.2 Å². The van der Waals surface area contributed by atoms with Crippen molar-refractivity contribution in [2.75, 3.05) is 25.5 Å². The summed E-state index contributed by atoms with van der Waals surface area (Å²) in [6.45, 7) is 7.41. The van der Waals surface area contributed by atoms with Gasteiger partial charge in [0.05, 0.1) is 24.0 Å². The Labute approximate surface area is 186 Å². The number of rotatable bonds is 6. The molecule has 1 aliphatic heterocycles. The third-order valence-electron chi connectivity index (χ3n) is 4.80. The Balaban J connectivity index is 1.90. The normalized spacial score (nSPS) is 15.5. The standard InChI is InChI=1S/C21H29N3O8/c1-13(18(25)22-16-7-6-15(30-5)12-17(16)24(28)29)31-19(26)14-8-10-23(11-9-14)20(27)32-21(2,3)4/h6-7,12-14H,8-11H2,1-5H3,(H,22,25). The minimum Gasteiger partial charge on any atom is -0.496 e. The number of nitrogens with one attached hydrogen (secondary N) is 1. The summed E-state index contributed by atoms with van der Waals surface area (Å²) < 4.78 is 15.6. The number of anilines is 1. The summed E-state index contributed by atoms with van der Waals surface area (Å²) in [5.41, 5.74) is -0.977. The molecule has 11 heteroatoms. The summed E-state index contributed by atoms with van der Waals surface area (Å²) in [6.07, 6.45) is -0.821. The van der Waals surface area contributed by atoms with E-state index in [1.165, 1.54) is 37.1 Å². The van der Waals surface area contributed by atoms with E-state index in [1.54, 1.807) is 20.8 Å². The second-order valence-corrected chi connectivity index (χ2v) is 8.45. The zero-order valence-electron chi connectivity index (χ0n) is 18.9. The van der Waals surface area contributed by atoms with Crippen molar-refractivity contribution in [3.63, 3.8) is 0 Å². The molecular weight excluding hydrogens is 422 g/mol. The zero-order chi connectivity index (χ0) is 24.1. The van der Waals surface area contributed by atoms with Crippen molar-refractivity contribution in [3.8, 4) is 5.75 Å². The molecule has 1 heterocycles. The van der Waals surface area contributed by atoms with Crippen LogP contribution in [0.4, 0.5) is 16.2 Å². The summed E-state index contributed by atoms with van der Waals surface area (Å²) in [4.78, 5) is 49.2. The lowest BCUT2D eigenvalue weighted by atomic mass is 9.97. The molecule has 1 aromatic carbocycles. The van der Waals surface area contributed by atoms with E-state index in [2.05, 4.69) is 5.32 Å². The van der Waals surface area contributed by atoms with Crippen molar-refractivity contribution in [2.24, 2.45) is 5.92 Å². The lowest BCUT2D eigenvalue weighted by Gasteiger charge is -2.32. The minimum absolute atomic E-state index is 0.0330. The molecule has 176 valence electrons. The van der Waals surface area contributed by atoms with Crippen molar-refractivity contribution < 1.29 is 33.5 Å². The Hall–Kier alpha value is -3.37. The van der Waals surface area contributed by atoms with E-state index in [4.69, 9.17) is 14.2 Å². The van der Waals surface area contributed by atoms with Crippen LogP contribution in [0.25, 0.3) is 0 Å². The average molecular weight is 451 g/mol. The minimum atomic E-state index is -1.16. The highest BCUT2D eigenvalue weighted by molar-refractivity contribution is 5.97. The number of hydrogen-bond acceptors (Lipinski definition) is 8.